The normalized spacial score (nSPS) is 49.4. The molecule has 0 nitrogen and oxygen atoms in total. The van der Waals surface area contributed by atoms with E-state index in [9.17, 15) is 0 Å². The Hall–Kier alpha value is 0. The van der Waals surface area contributed by atoms with Crippen LogP contribution in [0.1, 0.15) is 125 Å². The third kappa shape index (κ3) is 3.13. The minimum atomic E-state index is 0.614. The van der Waals surface area contributed by atoms with Crippen molar-refractivity contribution in [2.75, 3.05) is 0 Å². The highest BCUT2D eigenvalue weighted by Gasteiger charge is 2.65. The molecule has 0 aromatic carbocycles. The van der Waals surface area contributed by atoms with Crippen molar-refractivity contribution in [3.63, 3.8) is 0 Å². The van der Waals surface area contributed by atoms with Crippen LogP contribution in [0.5, 0.6) is 0 Å². The van der Waals surface area contributed by atoms with Gasteiger partial charge in [-0.15, -0.1) is 0 Å². The average molecular weight is 387 g/mol. The van der Waals surface area contributed by atoms with Gasteiger partial charge in [0, 0.05) is 0 Å². The molecule has 8 unspecified atom stereocenters. The van der Waals surface area contributed by atoms with E-state index >= 15 is 0 Å². The first-order valence-corrected chi connectivity index (χ1v) is 13.2. The van der Waals surface area contributed by atoms with Crippen LogP contribution in [0.4, 0.5) is 0 Å². The van der Waals surface area contributed by atoms with Crippen LogP contribution >= 0.6 is 0 Å². The van der Waals surface area contributed by atoms with E-state index in [2.05, 4.69) is 41.5 Å². The Morgan fingerprint density at radius 2 is 1.46 bits per heavy atom. The van der Waals surface area contributed by atoms with E-state index in [1.54, 1.807) is 32.1 Å². The molecule has 4 aliphatic rings. The van der Waals surface area contributed by atoms with Gasteiger partial charge >= 0.3 is 0 Å². The van der Waals surface area contributed by atoms with Gasteiger partial charge in [0.05, 0.1) is 0 Å². The minimum Gasteiger partial charge on any atom is -0.0628 e. The van der Waals surface area contributed by atoms with Gasteiger partial charge in [-0.1, -0.05) is 73.6 Å². The molecule has 4 saturated carbocycles. The maximum atomic E-state index is 2.77. The molecule has 4 aliphatic carbocycles. The van der Waals surface area contributed by atoms with E-state index in [0.29, 0.717) is 16.2 Å². The first-order chi connectivity index (χ1) is 13.2. The molecule has 4 rings (SSSR count). The van der Waals surface area contributed by atoms with E-state index in [1.807, 2.05) is 0 Å². The van der Waals surface area contributed by atoms with Gasteiger partial charge < -0.3 is 0 Å². The molecule has 162 valence electrons. The van der Waals surface area contributed by atoms with Gasteiger partial charge in [0.25, 0.3) is 0 Å². The molecule has 0 spiro atoms. The van der Waals surface area contributed by atoms with Gasteiger partial charge in [-0.25, -0.2) is 0 Å². The second-order valence-corrected chi connectivity index (χ2v) is 13.1. The zero-order valence-electron chi connectivity index (χ0n) is 20.2. The lowest BCUT2D eigenvalue weighted by atomic mass is 9.40. The lowest BCUT2D eigenvalue weighted by Crippen LogP contribution is -2.57. The fourth-order valence-corrected chi connectivity index (χ4v) is 9.71. The standard InChI is InChI=1S/C28H50/c1-20(2)10-9-11-21(3)23-15-18-28(6)25-14-13-22-12-7-8-17-26(22,4)24(25)16-19-27(23,28)5/h20-25H,7-19H2,1-6H3. The Morgan fingerprint density at radius 3 is 2.21 bits per heavy atom. The second-order valence-electron chi connectivity index (χ2n) is 13.1. The Balaban J connectivity index is 1.52. The maximum absolute atomic E-state index is 2.77. The summed E-state index contributed by atoms with van der Waals surface area (Å²) in [4.78, 5) is 0. The highest BCUT2D eigenvalue weighted by atomic mass is 14.7. The minimum absolute atomic E-state index is 0.614. The smallest absolute Gasteiger partial charge is 0.0238 e. The van der Waals surface area contributed by atoms with Crippen molar-refractivity contribution in [3.8, 4) is 0 Å². The van der Waals surface area contributed by atoms with Crippen LogP contribution in [0.3, 0.4) is 0 Å². The van der Waals surface area contributed by atoms with Gasteiger partial charge in [0.15, 0.2) is 0 Å². The van der Waals surface area contributed by atoms with Gasteiger partial charge in [0.1, 0.15) is 0 Å². The number of fused-ring (bicyclic) bond motifs is 5. The largest absolute Gasteiger partial charge is 0.0628 e. The van der Waals surface area contributed by atoms with Crippen molar-refractivity contribution in [2.45, 2.75) is 125 Å². The van der Waals surface area contributed by atoms with Crippen molar-refractivity contribution in [2.24, 2.45) is 51.8 Å². The zero-order valence-corrected chi connectivity index (χ0v) is 20.2. The molecule has 28 heavy (non-hydrogen) atoms. The van der Waals surface area contributed by atoms with Crippen LogP contribution in [0.2, 0.25) is 0 Å². The molecule has 0 bridgehead atoms. The van der Waals surface area contributed by atoms with Crippen LogP contribution in [0, 0.1) is 51.8 Å². The molecule has 0 amide bonds. The van der Waals surface area contributed by atoms with E-state index < -0.39 is 0 Å². The third-order valence-corrected chi connectivity index (χ3v) is 11.6. The van der Waals surface area contributed by atoms with Gasteiger partial charge in [0.2, 0.25) is 0 Å². The topological polar surface area (TPSA) is 0 Å². The van der Waals surface area contributed by atoms with Crippen molar-refractivity contribution in [1.82, 2.24) is 0 Å². The van der Waals surface area contributed by atoms with E-state index in [1.165, 1.54) is 51.4 Å². The molecule has 4 fully saturated rings. The lowest BCUT2D eigenvalue weighted by Gasteiger charge is -2.64. The summed E-state index contributed by atoms with van der Waals surface area (Å²) in [5.41, 5.74) is 1.92. The summed E-state index contributed by atoms with van der Waals surface area (Å²) in [6.07, 6.45) is 19.7. The van der Waals surface area contributed by atoms with Crippen molar-refractivity contribution in [1.29, 1.82) is 0 Å². The molecule has 0 N–H and O–H groups in total. The first-order valence-electron chi connectivity index (χ1n) is 13.2. The third-order valence-electron chi connectivity index (χ3n) is 11.6. The molecule has 0 aromatic rings. The summed E-state index contributed by atoms with van der Waals surface area (Å²) in [6.45, 7) is 15.7. The number of rotatable bonds is 5. The van der Waals surface area contributed by atoms with E-state index in [4.69, 9.17) is 0 Å². The summed E-state index contributed by atoms with van der Waals surface area (Å²) in [7, 11) is 0. The predicted molar refractivity (Wildman–Crippen MR) is 122 cm³/mol. The van der Waals surface area contributed by atoms with Gasteiger partial charge in [-0.05, 0) is 103 Å². The SMILES string of the molecule is CC(C)CCCC(C)C1CCC2(C)C3CCC4CCCCC4(C)C3CCC12C. The average Bonchev–Trinajstić information content (AvgIpc) is 2.92. The highest BCUT2D eigenvalue weighted by molar-refractivity contribution is 5.14. The van der Waals surface area contributed by atoms with E-state index in [-0.39, 0.29) is 0 Å². The highest BCUT2D eigenvalue weighted by Crippen LogP contribution is 2.73. The van der Waals surface area contributed by atoms with Gasteiger partial charge in [-0.3, -0.25) is 0 Å². The summed E-state index contributed by atoms with van der Waals surface area (Å²) >= 11 is 0. The van der Waals surface area contributed by atoms with Crippen LogP contribution in [-0.2, 0) is 0 Å². The molecule has 0 heteroatoms. The maximum Gasteiger partial charge on any atom is -0.0238 e. The molecular weight excluding hydrogens is 336 g/mol. The summed E-state index contributed by atoms with van der Waals surface area (Å²) in [6, 6.07) is 0. The fraction of sp³-hybridized carbons (Fsp3) is 1.00. The Kier molecular flexibility index (Phi) is 5.77. The Morgan fingerprint density at radius 1 is 0.714 bits per heavy atom. The Bertz CT molecular complexity index is 548. The lowest BCUT2D eigenvalue weighted by molar-refractivity contribution is -0.156. The Labute approximate surface area is 177 Å². The summed E-state index contributed by atoms with van der Waals surface area (Å²) < 4.78 is 0. The fourth-order valence-electron chi connectivity index (χ4n) is 9.71. The van der Waals surface area contributed by atoms with Crippen molar-refractivity contribution >= 4 is 0 Å². The molecule has 0 aromatic heterocycles. The molecular formula is C28H50. The van der Waals surface area contributed by atoms with Crippen molar-refractivity contribution in [3.05, 3.63) is 0 Å². The van der Waals surface area contributed by atoms with Gasteiger partial charge in [-0.2, -0.15) is 0 Å². The van der Waals surface area contributed by atoms with Crippen molar-refractivity contribution < 1.29 is 0 Å². The van der Waals surface area contributed by atoms with Crippen LogP contribution in [-0.4, -0.2) is 0 Å². The molecule has 8 atom stereocenters. The predicted octanol–water partition coefficient (Wildman–Crippen LogP) is 8.89. The van der Waals surface area contributed by atoms with Crippen LogP contribution in [0.25, 0.3) is 0 Å². The number of hydrogen-bond acceptors (Lipinski definition) is 0. The quantitative estimate of drug-likeness (QED) is 0.442. The second kappa shape index (κ2) is 7.60. The first kappa shape index (κ1) is 21.2. The summed E-state index contributed by atoms with van der Waals surface area (Å²) in [5.74, 6) is 5.92. The van der Waals surface area contributed by atoms with E-state index in [0.717, 1.165) is 35.5 Å². The molecule has 0 heterocycles. The van der Waals surface area contributed by atoms with Crippen LogP contribution < -0.4 is 0 Å². The van der Waals surface area contributed by atoms with Crippen LogP contribution in [0.15, 0.2) is 0 Å². The molecule has 0 aliphatic heterocycles. The summed E-state index contributed by atoms with van der Waals surface area (Å²) in [5, 5.41) is 0. The number of hydrogen-bond donors (Lipinski definition) is 0. The monoisotopic (exact) mass is 386 g/mol. The molecule has 0 saturated heterocycles. The zero-order chi connectivity index (χ0) is 20.2. The molecule has 0 radical (unpaired) electrons.